The minimum atomic E-state index is 0.861. The highest BCUT2D eigenvalue weighted by Crippen LogP contribution is 2.41. The van der Waals surface area contributed by atoms with Crippen molar-refractivity contribution in [1.82, 2.24) is 9.80 Å². The summed E-state index contributed by atoms with van der Waals surface area (Å²) in [6.45, 7) is 22.6. The van der Waals surface area contributed by atoms with Crippen LogP contribution in [-0.2, 0) is 0 Å². The molecule has 0 unspecified atom stereocenters. The molecule has 28 heavy (non-hydrogen) atoms. The molecule has 0 spiro atoms. The minimum Gasteiger partial charge on any atom is -0.325 e. The summed E-state index contributed by atoms with van der Waals surface area (Å²) in [6, 6.07) is 1.72. The number of piperidine rings is 2. The van der Waals surface area contributed by atoms with Crippen molar-refractivity contribution in [2.24, 2.45) is 11.8 Å². The molecule has 4 bridgehead atoms. The van der Waals surface area contributed by atoms with E-state index in [1.807, 2.05) is 0 Å². The molecule has 0 aromatic rings. The van der Waals surface area contributed by atoms with Gasteiger partial charge in [-0.25, -0.2) is 0 Å². The second-order valence-corrected chi connectivity index (χ2v) is 10.8. The molecular formula is C24H50N4+2. The third-order valence-electron chi connectivity index (χ3n) is 9.54. The lowest BCUT2D eigenvalue weighted by atomic mass is 9.71. The van der Waals surface area contributed by atoms with Gasteiger partial charge >= 0.3 is 0 Å². The van der Waals surface area contributed by atoms with Crippen LogP contribution in [0.5, 0.6) is 0 Å². The Hall–Kier alpha value is -0.160. The lowest BCUT2D eigenvalue weighted by Gasteiger charge is -2.56. The Balaban J connectivity index is 1.64. The summed E-state index contributed by atoms with van der Waals surface area (Å²) >= 11 is 0. The average Bonchev–Trinajstić information content (AvgIpc) is 2.73. The van der Waals surface area contributed by atoms with Crippen LogP contribution < -0.4 is 0 Å². The molecule has 1 saturated carbocycles. The van der Waals surface area contributed by atoms with Crippen molar-refractivity contribution in [1.29, 1.82) is 0 Å². The van der Waals surface area contributed by atoms with E-state index in [9.17, 15) is 0 Å². The van der Waals surface area contributed by atoms with Gasteiger partial charge in [0.2, 0.25) is 0 Å². The van der Waals surface area contributed by atoms with Crippen molar-refractivity contribution in [2.45, 2.75) is 65.5 Å². The van der Waals surface area contributed by atoms with E-state index in [-0.39, 0.29) is 0 Å². The van der Waals surface area contributed by atoms with Crippen molar-refractivity contribution in [2.75, 3.05) is 79.5 Å². The highest BCUT2D eigenvalue weighted by atomic mass is 15.4. The molecule has 6 aliphatic rings. The van der Waals surface area contributed by atoms with Crippen molar-refractivity contribution in [3.05, 3.63) is 0 Å². The lowest BCUT2D eigenvalue weighted by molar-refractivity contribution is -0.905. The van der Waals surface area contributed by atoms with Gasteiger partial charge in [-0.2, -0.15) is 0 Å². The molecule has 0 N–H and O–H groups in total. The molecule has 164 valence electrons. The Morgan fingerprint density at radius 3 is 1.29 bits per heavy atom. The van der Waals surface area contributed by atoms with Crippen molar-refractivity contribution >= 4 is 0 Å². The van der Waals surface area contributed by atoms with Crippen LogP contribution in [0.1, 0.15) is 53.4 Å². The maximum Gasteiger partial charge on any atom is 0.0913 e. The second-order valence-electron chi connectivity index (χ2n) is 10.8. The number of nitrogens with zero attached hydrogens (tertiary/aromatic N) is 4. The first-order valence-corrected chi connectivity index (χ1v) is 12.5. The van der Waals surface area contributed by atoms with E-state index in [1.54, 1.807) is 0 Å². The fourth-order valence-corrected chi connectivity index (χ4v) is 6.22. The van der Waals surface area contributed by atoms with Gasteiger partial charge in [0.1, 0.15) is 0 Å². The highest BCUT2D eigenvalue weighted by Gasteiger charge is 2.46. The average molecular weight is 395 g/mol. The third kappa shape index (κ3) is 4.77. The molecule has 5 aliphatic heterocycles. The first-order chi connectivity index (χ1) is 13.4. The molecule has 6 rings (SSSR count). The topological polar surface area (TPSA) is 6.48 Å². The van der Waals surface area contributed by atoms with Gasteiger partial charge in [0.05, 0.1) is 53.4 Å². The SMILES string of the molecule is CC[N+](C)(CC)CCN1C[C@@H]2CC[C@@H]1[C@@H]1CC[C@@H]2N(CC[N+](C)(CC)CC)C1. The molecule has 4 heteroatoms. The lowest BCUT2D eigenvalue weighted by Crippen LogP contribution is -2.64. The van der Waals surface area contributed by atoms with Crippen molar-refractivity contribution < 1.29 is 8.97 Å². The molecule has 1 aliphatic carbocycles. The molecule has 0 amide bonds. The predicted octanol–water partition coefficient (Wildman–Crippen LogP) is 3.13. The molecule has 0 radical (unpaired) electrons. The zero-order chi connectivity index (χ0) is 20.4. The van der Waals surface area contributed by atoms with Crippen LogP contribution in [0.2, 0.25) is 0 Å². The van der Waals surface area contributed by atoms with Gasteiger partial charge in [0.15, 0.2) is 0 Å². The van der Waals surface area contributed by atoms with Gasteiger partial charge in [-0.15, -0.1) is 0 Å². The molecule has 0 aromatic heterocycles. The zero-order valence-electron chi connectivity index (χ0n) is 20.0. The molecular weight excluding hydrogens is 344 g/mol. The number of likely N-dealkylation sites (N-methyl/N-ethyl adjacent to an activating group) is 2. The van der Waals surface area contributed by atoms with Crippen LogP contribution in [0.4, 0.5) is 0 Å². The van der Waals surface area contributed by atoms with Crippen molar-refractivity contribution in [3.8, 4) is 0 Å². The number of quaternary nitrogens is 2. The maximum absolute atomic E-state index is 2.95. The van der Waals surface area contributed by atoms with Crippen LogP contribution in [0, 0.1) is 11.8 Å². The van der Waals surface area contributed by atoms with Crippen molar-refractivity contribution in [3.63, 3.8) is 0 Å². The normalized spacial score (nSPS) is 31.9. The highest BCUT2D eigenvalue weighted by molar-refractivity contribution is 5.00. The summed E-state index contributed by atoms with van der Waals surface area (Å²) in [5.74, 6) is 1.84. The Bertz CT molecular complexity index is 441. The number of hydrogen-bond acceptors (Lipinski definition) is 2. The third-order valence-corrected chi connectivity index (χ3v) is 9.54. The molecule has 4 atom stereocenters. The molecule has 6 fully saturated rings. The summed E-state index contributed by atoms with van der Waals surface area (Å²) in [5, 5.41) is 0. The first kappa shape index (κ1) is 22.5. The molecule has 5 heterocycles. The predicted molar refractivity (Wildman–Crippen MR) is 120 cm³/mol. The Kier molecular flexibility index (Phi) is 7.50. The van der Waals surface area contributed by atoms with E-state index in [1.165, 1.54) is 100 Å². The minimum absolute atomic E-state index is 0.861. The van der Waals surface area contributed by atoms with Gasteiger partial charge in [0, 0.05) is 38.3 Å². The van der Waals surface area contributed by atoms with E-state index in [0.29, 0.717) is 0 Å². The molecule has 4 nitrogen and oxygen atoms in total. The van der Waals surface area contributed by atoms with Gasteiger partial charge in [-0.1, -0.05) is 0 Å². The summed E-state index contributed by atoms with van der Waals surface area (Å²) in [6.07, 6.45) is 5.92. The van der Waals surface area contributed by atoms with Crippen LogP contribution in [0.3, 0.4) is 0 Å². The summed E-state index contributed by atoms with van der Waals surface area (Å²) < 4.78 is 2.47. The van der Waals surface area contributed by atoms with E-state index in [2.05, 4.69) is 51.6 Å². The van der Waals surface area contributed by atoms with Crippen LogP contribution in [0.25, 0.3) is 0 Å². The van der Waals surface area contributed by atoms with E-state index >= 15 is 0 Å². The number of hydrogen-bond donors (Lipinski definition) is 0. The zero-order valence-corrected chi connectivity index (χ0v) is 20.0. The fourth-order valence-electron chi connectivity index (χ4n) is 6.22. The van der Waals surface area contributed by atoms with Gasteiger partial charge in [-0.05, 0) is 65.2 Å². The van der Waals surface area contributed by atoms with Crippen LogP contribution >= 0.6 is 0 Å². The Morgan fingerprint density at radius 2 is 0.964 bits per heavy atom. The molecule has 5 saturated heterocycles. The summed E-state index contributed by atoms with van der Waals surface area (Å²) in [7, 11) is 4.90. The summed E-state index contributed by atoms with van der Waals surface area (Å²) in [4.78, 5) is 5.89. The van der Waals surface area contributed by atoms with E-state index < -0.39 is 0 Å². The Labute approximate surface area is 176 Å². The Morgan fingerprint density at radius 1 is 0.607 bits per heavy atom. The van der Waals surface area contributed by atoms with Gasteiger partial charge in [0.25, 0.3) is 0 Å². The standard InChI is InChI=1S/C24H50N4/c1-7-27(5,8-2)17-15-25-19-21-11-13-23(25)22-12-14-24(21)26(20-22)16-18-28(6,9-3)10-4/h21-24H,7-20H2,1-6H3/q+2/t21-,22+,23+,24-. The largest absolute Gasteiger partial charge is 0.325 e. The number of rotatable bonds is 10. The summed E-state index contributed by atoms with van der Waals surface area (Å²) in [5.41, 5.74) is 0. The van der Waals surface area contributed by atoms with E-state index in [0.717, 1.165) is 23.9 Å². The smallest absolute Gasteiger partial charge is 0.0913 e. The first-order valence-electron chi connectivity index (χ1n) is 12.5. The quantitative estimate of drug-likeness (QED) is 0.525. The fraction of sp³-hybridized carbons (Fsp3) is 1.00. The van der Waals surface area contributed by atoms with Gasteiger partial charge in [-0.3, -0.25) is 9.80 Å². The van der Waals surface area contributed by atoms with Gasteiger partial charge < -0.3 is 8.97 Å². The van der Waals surface area contributed by atoms with Crippen LogP contribution in [-0.4, -0.2) is 110 Å². The monoisotopic (exact) mass is 394 g/mol. The van der Waals surface area contributed by atoms with Crippen LogP contribution in [0.15, 0.2) is 0 Å². The molecule has 0 aromatic carbocycles. The van der Waals surface area contributed by atoms with E-state index in [4.69, 9.17) is 0 Å². The maximum atomic E-state index is 2.95. The second kappa shape index (κ2) is 9.32.